The summed E-state index contributed by atoms with van der Waals surface area (Å²) < 4.78 is 5.28. The van der Waals surface area contributed by atoms with Crippen molar-refractivity contribution in [2.45, 2.75) is 58.1 Å². The van der Waals surface area contributed by atoms with E-state index in [1.165, 1.54) is 25.7 Å². The lowest BCUT2D eigenvalue weighted by Crippen LogP contribution is -2.29. The molecule has 0 saturated heterocycles. The summed E-state index contributed by atoms with van der Waals surface area (Å²) in [6, 6.07) is 0.687. The number of hydrogen-bond donors (Lipinski definition) is 1. The van der Waals surface area contributed by atoms with Crippen LogP contribution in [-0.4, -0.2) is 36.2 Å². The second-order valence-electron chi connectivity index (χ2n) is 6.01. The Balaban J connectivity index is 2.10. The normalized spacial score (nSPS) is 24.2. The van der Waals surface area contributed by atoms with E-state index in [1.54, 1.807) is 11.8 Å². The molecule has 1 N–H and O–H groups in total. The number of nitrogens with one attached hydrogen (secondary N) is 1. The third kappa shape index (κ3) is 6.10. The molecular formula is C14H27NO2S. The zero-order chi connectivity index (χ0) is 13.6. The van der Waals surface area contributed by atoms with Gasteiger partial charge in [-0.05, 0) is 58.8 Å². The third-order valence-corrected chi connectivity index (χ3v) is 4.27. The van der Waals surface area contributed by atoms with Crippen molar-refractivity contribution < 1.29 is 9.53 Å². The van der Waals surface area contributed by atoms with Crippen molar-refractivity contribution in [3.63, 3.8) is 0 Å². The van der Waals surface area contributed by atoms with Crippen molar-refractivity contribution in [3.05, 3.63) is 0 Å². The first kappa shape index (κ1) is 15.8. The van der Waals surface area contributed by atoms with Crippen LogP contribution in [-0.2, 0) is 9.53 Å². The summed E-state index contributed by atoms with van der Waals surface area (Å²) in [4.78, 5) is 11.5. The molecule has 0 aliphatic heterocycles. The standard InChI is InChI=1S/C14H27NO2S/c1-14(2,3)17-13(16)10-18-9-8-11-6-5-7-12(11)15-4/h11-12,15H,5-10H2,1-4H3. The molecule has 1 saturated carbocycles. The Labute approximate surface area is 115 Å². The highest BCUT2D eigenvalue weighted by atomic mass is 32.2. The molecule has 3 nitrogen and oxygen atoms in total. The van der Waals surface area contributed by atoms with Gasteiger partial charge in [0, 0.05) is 6.04 Å². The molecule has 1 fully saturated rings. The maximum atomic E-state index is 11.5. The van der Waals surface area contributed by atoms with Gasteiger partial charge in [0.25, 0.3) is 0 Å². The minimum atomic E-state index is -0.361. The Morgan fingerprint density at radius 3 is 2.72 bits per heavy atom. The maximum absolute atomic E-state index is 11.5. The zero-order valence-corrected chi connectivity index (χ0v) is 12.9. The summed E-state index contributed by atoms with van der Waals surface area (Å²) in [5, 5.41) is 3.39. The summed E-state index contributed by atoms with van der Waals surface area (Å²) in [6.45, 7) is 5.73. The molecule has 18 heavy (non-hydrogen) atoms. The SMILES string of the molecule is CNC1CCCC1CCSCC(=O)OC(C)(C)C. The molecule has 0 aromatic heterocycles. The lowest BCUT2D eigenvalue weighted by atomic mass is 10.0. The highest BCUT2D eigenvalue weighted by Crippen LogP contribution is 2.29. The van der Waals surface area contributed by atoms with Gasteiger partial charge in [0.05, 0.1) is 5.75 Å². The third-order valence-electron chi connectivity index (χ3n) is 3.30. The fraction of sp³-hybridized carbons (Fsp3) is 0.929. The second kappa shape index (κ2) is 7.39. The van der Waals surface area contributed by atoms with Gasteiger partial charge in [0.2, 0.25) is 0 Å². The monoisotopic (exact) mass is 273 g/mol. The van der Waals surface area contributed by atoms with Crippen molar-refractivity contribution in [2.24, 2.45) is 5.92 Å². The second-order valence-corrected chi connectivity index (χ2v) is 7.12. The molecule has 0 aromatic rings. The van der Waals surface area contributed by atoms with Crippen LogP contribution in [0.1, 0.15) is 46.5 Å². The number of carbonyl (C=O) groups excluding carboxylic acids is 1. The molecule has 0 amide bonds. The highest BCUT2D eigenvalue weighted by molar-refractivity contribution is 7.99. The highest BCUT2D eigenvalue weighted by Gasteiger charge is 2.25. The van der Waals surface area contributed by atoms with Crippen molar-refractivity contribution in [3.8, 4) is 0 Å². The summed E-state index contributed by atoms with van der Waals surface area (Å²) in [7, 11) is 2.05. The van der Waals surface area contributed by atoms with E-state index in [9.17, 15) is 4.79 Å². The molecule has 0 spiro atoms. The van der Waals surface area contributed by atoms with Gasteiger partial charge in [0.1, 0.15) is 5.60 Å². The van der Waals surface area contributed by atoms with E-state index >= 15 is 0 Å². The van der Waals surface area contributed by atoms with E-state index in [0.717, 1.165) is 11.7 Å². The van der Waals surface area contributed by atoms with Crippen molar-refractivity contribution in [1.82, 2.24) is 5.32 Å². The van der Waals surface area contributed by atoms with Gasteiger partial charge in [-0.25, -0.2) is 0 Å². The molecule has 1 aliphatic rings. The van der Waals surface area contributed by atoms with E-state index in [0.29, 0.717) is 11.8 Å². The van der Waals surface area contributed by atoms with E-state index in [4.69, 9.17) is 4.74 Å². The lowest BCUT2D eigenvalue weighted by molar-refractivity contribution is -0.151. The summed E-state index contributed by atoms with van der Waals surface area (Å²) >= 11 is 1.70. The Morgan fingerprint density at radius 2 is 2.11 bits per heavy atom. The van der Waals surface area contributed by atoms with Crippen molar-refractivity contribution in [2.75, 3.05) is 18.6 Å². The van der Waals surface area contributed by atoms with E-state index in [-0.39, 0.29) is 11.6 Å². The molecule has 1 aliphatic carbocycles. The fourth-order valence-corrected chi connectivity index (χ4v) is 3.36. The van der Waals surface area contributed by atoms with Crippen LogP contribution in [0, 0.1) is 5.92 Å². The number of thioether (sulfide) groups is 1. The van der Waals surface area contributed by atoms with E-state index in [1.807, 2.05) is 20.8 Å². The molecule has 1 rings (SSSR count). The molecule has 4 heteroatoms. The average molecular weight is 273 g/mol. The molecule has 0 aromatic carbocycles. The minimum absolute atomic E-state index is 0.0934. The van der Waals surface area contributed by atoms with Gasteiger partial charge in [0.15, 0.2) is 0 Å². The van der Waals surface area contributed by atoms with Gasteiger partial charge < -0.3 is 10.1 Å². The van der Waals surface area contributed by atoms with Crippen LogP contribution >= 0.6 is 11.8 Å². The Morgan fingerprint density at radius 1 is 1.39 bits per heavy atom. The summed E-state index contributed by atoms with van der Waals surface area (Å²) in [6.07, 6.45) is 5.18. The predicted octanol–water partition coefficient (Wildman–Crippen LogP) is 2.84. The van der Waals surface area contributed by atoms with Crippen LogP contribution in [0.25, 0.3) is 0 Å². The number of esters is 1. The van der Waals surface area contributed by atoms with Gasteiger partial charge in [-0.1, -0.05) is 6.42 Å². The van der Waals surface area contributed by atoms with Crippen molar-refractivity contribution in [1.29, 1.82) is 0 Å². The first-order valence-corrected chi connectivity index (χ1v) is 8.04. The molecular weight excluding hydrogens is 246 g/mol. The Bertz CT molecular complexity index is 263. The van der Waals surface area contributed by atoms with Crippen LogP contribution in [0.2, 0.25) is 0 Å². The topological polar surface area (TPSA) is 38.3 Å². The van der Waals surface area contributed by atoms with Crippen LogP contribution in [0.15, 0.2) is 0 Å². The van der Waals surface area contributed by atoms with Gasteiger partial charge in [-0.3, -0.25) is 4.79 Å². The van der Waals surface area contributed by atoms with Crippen LogP contribution < -0.4 is 5.32 Å². The van der Waals surface area contributed by atoms with Crippen molar-refractivity contribution >= 4 is 17.7 Å². The Hall–Kier alpha value is -0.220. The smallest absolute Gasteiger partial charge is 0.316 e. The quantitative estimate of drug-likeness (QED) is 0.596. The first-order chi connectivity index (χ1) is 8.42. The minimum Gasteiger partial charge on any atom is -0.459 e. The first-order valence-electron chi connectivity index (χ1n) is 6.89. The molecule has 0 bridgehead atoms. The molecule has 0 heterocycles. The zero-order valence-electron chi connectivity index (χ0n) is 12.1. The van der Waals surface area contributed by atoms with Crippen LogP contribution in [0.5, 0.6) is 0 Å². The van der Waals surface area contributed by atoms with E-state index < -0.39 is 0 Å². The maximum Gasteiger partial charge on any atom is 0.316 e. The lowest BCUT2D eigenvalue weighted by Gasteiger charge is -2.20. The molecule has 2 atom stereocenters. The number of rotatable bonds is 6. The fourth-order valence-electron chi connectivity index (χ4n) is 2.52. The number of hydrogen-bond acceptors (Lipinski definition) is 4. The Kier molecular flexibility index (Phi) is 6.50. The van der Waals surface area contributed by atoms with Crippen LogP contribution in [0.4, 0.5) is 0 Å². The van der Waals surface area contributed by atoms with Gasteiger partial charge >= 0.3 is 5.97 Å². The molecule has 2 unspecified atom stereocenters. The average Bonchev–Trinajstić information content (AvgIpc) is 2.69. The largest absolute Gasteiger partial charge is 0.459 e. The van der Waals surface area contributed by atoms with Gasteiger partial charge in [-0.15, -0.1) is 0 Å². The van der Waals surface area contributed by atoms with E-state index in [2.05, 4.69) is 12.4 Å². The molecule has 0 radical (unpaired) electrons. The summed E-state index contributed by atoms with van der Waals surface area (Å²) in [5.41, 5.74) is -0.361. The van der Waals surface area contributed by atoms with Crippen LogP contribution in [0.3, 0.4) is 0 Å². The number of ether oxygens (including phenoxy) is 1. The van der Waals surface area contributed by atoms with Gasteiger partial charge in [-0.2, -0.15) is 11.8 Å². The summed E-state index contributed by atoms with van der Waals surface area (Å²) in [5.74, 6) is 2.24. The molecule has 106 valence electrons. The number of carbonyl (C=O) groups is 1. The predicted molar refractivity (Wildman–Crippen MR) is 78.0 cm³/mol.